The maximum Gasteiger partial charge on any atom is 0.488 e. The molecule has 0 amide bonds. The van der Waals surface area contributed by atoms with Gasteiger partial charge in [0.2, 0.25) is 0 Å². The van der Waals surface area contributed by atoms with Crippen LogP contribution < -0.4 is 10.2 Å². The minimum Gasteiger partial charge on any atom is -0.493 e. The van der Waals surface area contributed by atoms with Crippen molar-refractivity contribution >= 4 is 24.3 Å². The first kappa shape index (κ1) is 15.4. The standard InChI is InChI=1S/C13H21BO3S/c1-3-11(2)10-18-9-8-17-13-6-4-12(5-7-13)14(15)16/h4-7,11,15-16H,3,8-10H2,1-2H3. The molecular formula is C13H21BO3S. The summed E-state index contributed by atoms with van der Waals surface area (Å²) in [7, 11) is -1.41. The zero-order valence-electron chi connectivity index (χ0n) is 11.0. The van der Waals surface area contributed by atoms with Crippen LogP contribution in [0, 0.1) is 5.92 Å². The number of thioether (sulfide) groups is 1. The molecular weight excluding hydrogens is 247 g/mol. The lowest BCUT2D eigenvalue weighted by atomic mass is 9.80. The predicted octanol–water partition coefficient (Wildman–Crippen LogP) is 1.52. The van der Waals surface area contributed by atoms with Crippen LogP contribution in [-0.2, 0) is 0 Å². The zero-order chi connectivity index (χ0) is 13.4. The molecule has 0 fully saturated rings. The molecule has 1 aromatic rings. The van der Waals surface area contributed by atoms with Crippen LogP contribution in [0.4, 0.5) is 0 Å². The van der Waals surface area contributed by atoms with E-state index in [-0.39, 0.29) is 0 Å². The van der Waals surface area contributed by atoms with E-state index >= 15 is 0 Å². The second kappa shape index (κ2) is 8.46. The maximum atomic E-state index is 8.95. The van der Waals surface area contributed by atoms with Crippen molar-refractivity contribution in [1.82, 2.24) is 0 Å². The van der Waals surface area contributed by atoms with Crippen molar-refractivity contribution in [1.29, 1.82) is 0 Å². The van der Waals surface area contributed by atoms with Gasteiger partial charge in [-0.15, -0.1) is 0 Å². The average Bonchev–Trinajstić information content (AvgIpc) is 2.38. The van der Waals surface area contributed by atoms with Crippen molar-refractivity contribution in [2.45, 2.75) is 20.3 Å². The van der Waals surface area contributed by atoms with Crippen LogP contribution >= 0.6 is 11.8 Å². The van der Waals surface area contributed by atoms with E-state index in [0.717, 1.165) is 17.4 Å². The quantitative estimate of drug-likeness (QED) is 0.554. The molecule has 0 aromatic heterocycles. The Labute approximate surface area is 114 Å². The highest BCUT2D eigenvalue weighted by atomic mass is 32.2. The van der Waals surface area contributed by atoms with Gasteiger partial charge in [-0.05, 0) is 29.3 Å². The molecule has 1 aromatic carbocycles. The number of hydrogen-bond donors (Lipinski definition) is 2. The lowest BCUT2D eigenvalue weighted by Gasteiger charge is -2.09. The van der Waals surface area contributed by atoms with Gasteiger partial charge in [-0.1, -0.05) is 32.4 Å². The lowest BCUT2D eigenvalue weighted by Crippen LogP contribution is -2.29. The van der Waals surface area contributed by atoms with Gasteiger partial charge in [0.15, 0.2) is 0 Å². The summed E-state index contributed by atoms with van der Waals surface area (Å²) in [6.45, 7) is 5.15. The summed E-state index contributed by atoms with van der Waals surface area (Å²) < 4.78 is 5.57. The van der Waals surface area contributed by atoms with Crippen molar-refractivity contribution in [3.8, 4) is 5.75 Å². The van der Waals surface area contributed by atoms with Crippen LogP contribution in [0.3, 0.4) is 0 Å². The molecule has 100 valence electrons. The Kier molecular flexibility index (Phi) is 7.24. The zero-order valence-corrected chi connectivity index (χ0v) is 11.8. The van der Waals surface area contributed by atoms with Crippen molar-refractivity contribution in [3.05, 3.63) is 24.3 Å². The molecule has 18 heavy (non-hydrogen) atoms. The molecule has 0 saturated heterocycles. The molecule has 0 aliphatic heterocycles. The van der Waals surface area contributed by atoms with Gasteiger partial charge in [0.05, 0.1) is 6.61 Å². The van der Waals surface area contributed by atoms with Crippen LogP contribution in [0.1, 0.15) is 20.3 Å². The highest BCUT2D eigenvalue weighted by Crippen LogP contribution is 2.12. The first-order chi connectivity index (χ1) is 8.63. The molecule has 0 spiro atoms. The molecule has 5 heteroatoms. The molecule has 2 N–H and O–H groups in total. The van der Waals surface area contributed by atoms with E-state index < -0.39 is 7.12 Å². The Hall–Kier alpha value is -0.645. The van der Waals surface area contributed by atoms with Crippen LogP contribution in [-0.4, -0.2) is 35.3 Å². The van der Waals surface area contributed by atoms with E-state index in [1.165, 1.54) is 12.2 Å². The first-order valence-electron chi connectivity index (χ1n) is 6.30. The molecule has 0 bridgehead atoms. The summed E-state index contributed by atoms with van der Waals surface area (Å²) in [5, 5.41) is 17.9. The smallest absolute Gasteiger partial charge is 0.488 e. The van der Waals surface area contributed by atoms with Crippen LogP contribution in [0.5, 0.6) is 5.75 Å². The second-order valence-corrected chi connectivity index (χ2v) is 5.53. The van der Waals surface area contributed by atoms with Crippen molar-refractivity contribution in [2.24, 2.45) is 5.92 Å². The fraction of sp³-hybridized carbons (Fsp3) is 0.538. The minimum atomic E-state index is -1.41. The molecule has 0 aliphatic carbocycles. The van der Waals surface area contributed by atoms with E-state index in [1.807, 2.05) is 11.8 Å². The number of rotatable bonds is 8. The maximum absolute atomic E-state index is 8.95. The molecule has 0 aliphatic rings. The molecule has 1 unspecified atom stereocenters. The van der Waals surface area contributed by atoms with E-state index in [1.54, 1.807) is 24.3 Å². The van der Waals surface area contributed by atoms with Gasteiger partial charge in [-0.3, -0.25) is 0 Å². The summed E-state index contributed by atoms with van der Waals surface area (Å²) in [6, 6.07) is 6.83. The molecule has 0 heterocycles. The molecule has 0 saturated carbocycles. The lowest BCUT2D eigenvalue weighted by molar-refractivity contribution is 0.344. The third-order valence-corrected chi connectivity index (χ3v) is 4.03. The minimum absolute atomic E-state index is 0.480. The summed E-state index contributed by atoms with van der Waals surface area (Å²) in [5.74, 6) is 3.69. The number of benzene rings is 1. The average molecular weight is 268 g/mol. The number of ether oxygens (including phenoxy) is 1. The highest BCUT2D eigenvalue weighted by Gasteiger charge is 2.09. The predicted molar refractivity (Wildman–Crippen MR) is 78.5 cm³/mol. The van der Waals surface area contributed by atoms with E-state index in [2.05, 4.69) is 13.8 Å². The normalized spacial score (nSPS) is 12.2. The molecule has 3 nitrogen and oxygen atoms in total. The Balaban J connectivity index is 2.19. The van der Waals surface area contributed by atoms with Gasteiger partial charge in [0.1, 0.15) is 5.75 Å². The van der Waals surface area contributed by atoms with Gasteiger partial charge < -0.3 is 14.8 Å². The summed E-state index contributed by atoms with van der Waals surface area (Å²) in [6.07, 6.45) is 1.22. The van der Waals surface area contributed by atoms with Gasteiger partial charge in [-0.2, -0.15) is 11.8 Å². The van der Waals surface area contributed by atoms with Crippen LogP contribution in [0.15, 0.2) is 24.3 Å². The van der Waals surface area contributed by atoms with Gasteiger partial charge >= 0.3 is 7.12 Å². The Morgan fingerprint density at radius 1 is 1.28 bits per heavy atom. The van der Waals surface area contributed by atoms with Gasteiger partial charge in [0, 0.05) is 5.75 Å². The third kappa shape index (κ3) is 5.80. The Morgan fingerprint density at radius 3 is 2.50 bits per heavy atom. The highest BCUT2D eigenvalue weighted by molar-refractivity contribution is 7.99. The molecule has 0 radical (unpaired) electrons. The fourth-order valence-corrected chi connectivity index (χ4v) is 2.36. The van der Waals surface area contributed by atoms with E-state index in [0.29, 0.717) is 12.1 Å². The number of hydrogen-bond acceptors (Lipinski definition) is 4. The molecule has 1 atom stereocenters. The first-order valence-corrected chi connectivity index (χ1v) is 7.45. The van der Waals surface area contributed by atoms with Crippen molar-refractivity contribution in [3.63, 3.8) is 0 Å². The molecule has 1 rings (SSSR count). The van der Waals surface area contributed by atoms with Crippen molar-refractivity contribution in [2.75, 3.05) is 18.1 Å². The van der Waals surface area contributed by atoms with E-state index in [9.17, 15) is 0 Å². The third-order valence-electron chi connectivity index (χ3n) is 2.77. The second-order valence-electron chi connectivity index (χ2n) is 4.38. The summed E-state index contributed by atoms with van der Waals surface area (Å²) in [4.78, 5) is 0. The summed E-state index contributed by atoms with van der Waals surface area (Å²) >= 11 is 1.91. The van der Waals surface area contributed by atoms with Gasteiger partial charge in [0.25, 0.3) is 0 Å². The monoisotopic (exact) mass is 268 g/mol. The Bertz CT molecular complexity index is 330. The van der Waals surface area contributed by atoms with Crippen molar-refractivity contribution < 1.29 is 14.8 Å². The van der Waals surface area contributed by atoms with E-state index in [4.69, 9.17) is 14.8 Å². The summed E-state index contributed by atoms with van der Waals surface area (Å²) in [5.41, 5.74) is 0.480. The van der Waals surface area contributed by atoms with Crippen LogP contribution in [0.25, 0.3) is 0 Å². The van der Waals surface area contributed by atoms with Gasteiger partial charge in [-0.25, -0.2) is 0 Å². The fourth-order valence-electron chi connectivity index (χ4n) is 1.36. The SMILES string of the molecule is CCC(C)CSCCOc1ccc(B(O)O)cc1. The largest absolute Gasteiger partial charge is 0.493 e. The van der Waals surface area contributed by atoms with Crippen LogP contribution in [0.2, 0.25) is 0 Å². The Morgan fingerprint density at radius 2 is 1.94 bits per heavy atom. The topological polar surface area (TPSA) is 49.7 Å².